The van der Waals surface area contributed by atoms with Crippen molar-refractivity contribution in [2.24, 2.45) is 0 Å². The summed E-state index contributed by atoms with van der Waals surface area (Å²) in [6.07, 6.45) is 8.09. The SMILES string of the molecule is C1=Cc2cc3ccc(cc4nc(cc5ccc(cc1n2)[nH]5)C=C4)[nH]3.P.[Cu]. The zero-order chi connectivity index (χ0) is 15.9. The smallest absolute Gasteiger partial charge is 0.0658 e. The van der Waals surface area contributed by atoms with Gasteiger partial charge in [-0.25, -0.2) is 9.97 Å². The summed E-state index contributed by atoms with van der Waals surface area (Å²) in [5.74, 6) is 0. The first-order chi connectivity index (χ1) is 11.8. The molecule has 2 aliphatic rings. The van der Waals surface area contributed by atoms with Crippen LogP contribution in [0.5, 0.6) is 0 Å². The van der Waals surface area contributed by atoms with Crippen molar-refractivity contribution in [3.05, 3.63) is 71.3 Å². The van der Waals surface area contributed by atoms with Crippen LogP contribution in [0.4, 0.5) is 0 Å². The third-order valence-electron chi connectivity index (χ3n) is 4.04. The topological polar surface area (TPSA) is 57.4 Å². The third-order valence-corrected chi connectivity index (χ3v) is 4.04. The summed E-state index contributed by atoms with van der Waals surface area (Å²) in [6.45, 7) is 0. The van der Waals surface area contributed by atoms with E-state index < -0.39 is 0 Å². The van der Waals surface area contributed by atoms with Crippen LogP contribution in [-0.4, -0.2) is 19.9 Å². The molecule has 0 fully saturated rings. The molecule has 6 heteroatoms. The second kappa shape index (κ2) is 7.43. The van der Waals surface area contributed by atoms with Crippen molar-refractivity contribution in [1.29, 1.82) is 0 Å². The fourth-order valence-corrected chi connectivity index (χ4v) is 2.94. The van der Waals surface area contributed by atoms with Crippen LogP contribution in [0.15, 0.2) is 48.5 Å². The summed E-state index contributed by atoms with van der Waals surface area (Å²) in [6, 6.07) is 16.4. The summed E-state index contributed by atoms with van der Waals surface area (Å²) in [4.78, 5) is 16.0. The first-order valence-electron chi connectivity index (χ1n) is 7.85. The van der Waals surface area contributed by atoms with Crippen molar-refractivity contribution in [3.63, 3.8) is 0 Å². The zero-order valence-electron chi connectivity index (χ0n) is 13.8. The van der Waals surface area contributed by atoms with E-state index in [0.717, 1.165) is 44.8 Å². The Balaban J connectivity index is 0.000000980. The van der Waals surface area contributed by atoms with Crippen LogP contribution in [0, 0.1) is 0 Å². The molecule has 2 aliphatic heterocycles. The molecule has 0 saturated heterocycles. The molecule has 1 atom stereocenters. The molecule has 0 aliphatic carbocycles. The minimum absolute atomic E-state index is 0. The van der Waals surface area contributed by atoms with Gasteiger partial charge in [0.1, 0.15) is 0 Å². The average molecular weight is 408 g/mol. The molecule has 0 aromatic carbocycles. The van der Waals surface area contributed by atoms with Gasteiger partial charge in [0.2, 0.25) is 0 Å². The van der Waals surface area contributed by atoms with Crippen LogP contribution in [0.3, 0.4) is 0 Å². The van der Waals surface area contributed by atoms with Crippen LogP contribution in [-0.2, 0) is 17.1 Å². The van der Waals surface area contributed by atoms with Gasteiger partial charge in [-0.1, -0.05) is 0 Å². The van der Waals surface area contributed by atoms with E-state index in [1.54, 1.807) is 0 Å². The summed E-state index contributed by atoms with van der Waals surface area (Å²) in [5, 5.41) is 0. The number of hydrogen-bond acceptors (Lipinski definition) is 2. The first kappa shape index (κ1) is 18.3. The van der Waals surface area contributed by atoms with Crippen molar-refractivity contribution in [1.82, 2.24) is 19.9 Å². The van der Waals surface area contributed by atoms with E-state index in [4.69, 9.17) is 0 Å². The summed E-state index contributed by atoms with van der Waals surface area (Å²) < 4.78 is 0. The van der Waals surface area contributed by atoms with Gasteiger partial charge in [-0.15, -0.1) is 0 Å². The predicted octanol–water partition coefficient (Wildman–Crippen LogP) is 4.71. The Bertz CT molecular complexity index is 996. The number of hydrogen-bond donors (Lipinski definition) is 2. The number of aromatic amines is 2. The van der Waals surface area contributed by atoms with E-state index in [1.165, 1.54) is 0 Å². The van der Waals surface area contributed by atoms with E-state index in [-0.39, 0.29) is 27.0 Å². The molecule has 5 heterocycles. The van der Waals surface area contributed by atoms with Gasteiger partial charge >= 0.3 is 0 Å². The van der Waals surface area contributed by atoms with Crippen LogP contribution in [0.2, 0.25) is 0 Å². The van der Waals surface area contributed by atoms with Gasteiger partial charge in [0.05, 0.1) is 22.8 Å². The van der Waals surface area contributed by atoms with Gasteiger partial charge in [-0.05, 0) is 72.8 Å². The monoisotopic (exact) mass is 407 g/mol. The molecule has 4 nitrogen and oxygen atoms in total. The summed E-state index contributed by atoms with van der Waals surface area (Å²) in [5.41, 5.74) is 7.86. The van der Waals surface area contributed by atoms with Crippen LogP contribution < -0.4 is 0 Å². The van der Waals surface area contributed by atoms with Crippen molar-refractivity contribution < 1.29 is 17.1 Å². The van der Waals surface area contributed by atoms with Gasteiger partial charge in [-0.2, -0.15) is 9.90 Å². The Morgan fingerprint density at radius 3 is 1.04 bits per heavy atom. The second-order valence-corrected chi connectivity index (χ2v) is 5.91. The molecule has 1 unspecified atom stereocenters. The maximum Gasteiger partial charge on any atom is 0.0658 e. The minimum Gasteiger partial charge on any atom is -0.355 e. The Hall–Kier alpha value is -2.45. The number of H-pyrrole nitrogens is 2. The molecule has 3 aromatic rings. The number of aromatic nitrogens is 4. The number of rotatable bonds is 0. The first-order valence-corrected chi connectivity index (χ1v) is 7.85. The Labute approximate surface area is 164 Å². The molecule has 0 amide bonds. The van der Waals surface area contributed by atoms with E-state index in [9.17, 15) is 0 Å². The normalized spacial score (nSPS) is 11.7. The molecule has 0 saturated carbocycles. The van der Waals surface area contributed by atoms with E-state index in [1.807, 2.05) is 48.6 Å². The van der Waals surface area contributed by atoms with Crippen molar-refractivity contribution >= 4 is 56.3 Å². The second-order valence-electron chi connectivity index (χ2n) is 5.91. The van der Waals surface area contributed by atoms with Gasteiger partial charge in [0.15, 0.2) is 0 Å². The van der Waals surface area contributed by atoms with Gasteiger partial charge in [0.25, 0.3) is 0 Å². The number of nitrogens with zero attached hydrogens (tertiary/aromatic N) is 2. The Kier molecular flexibility index (Phi) is 5.24. The minimum atomic E-state index is 0. The van der Waals surface area contributed by atoms with Crippen LogP contribution >= 0.6 is 9.90 Å². The molecular formula is C20H17CuN4P. The molecule has 133 valence electrons. The maximum atomic E-state index is 4.63. The fraction of sp³-hybridized carbons (Fsp3) is 0. The van der Waals surface area contributed by atoms with Gasteiger partial charge in [0, 0.05) is 39.1 Å². The van der Waals surface area contributed by atoms with E-state index >= 15 is 0 Å². The molecule has 26 heavy (non-hydrogen) atoms. The predicted molar refractivity (Wildman–Crippen MR) is 110 cm³/mol. The van der Waals surface area contributed by atoms with Crippen LogP contribution in [0.25, 0.3) is 46.4 Å². The van der Waals surface area contributed by atoms with Gasteiger partial charge < -0.3 is 9.97 Å². The molecular weight excluding hydrogens is 391 g/mol. The van der Waals surface area contributed by atoms with E-state index in [0.29, 0.717) is 0 Å². The molecule has 5 rings (SSSR count). The summed E-state index contributed by atoms with van der Waals surface area (Å²) >= 11 is 0. The standard InChI is InChI=1S/C20H14N4.Cu.H3P/c1-2-14-10-16-5-6-18(23-16)12-20-8-7-19(24-20)11-17-4-3-15(22-17)9-13(1)21-14;;/h1-12,21,24H;;1H3. The molecule has 0 spiro atoms. The summed E-state index contributed by atoms with van der Waals surface area (Å²) in [7, 11) is 0. The quantitative estimate of drug-likeness (QED) is 0.288. The largest absolute Gasteiger partial charge is 0.355 e. The molecule has 8 bridgehead atoms. The fourth-order valence-electron chi connectivity index (χ4n) is 2.94. The Morgan fingerprint density at radius 1 is 0.500 bits per heavy atom. The maximum absolute atomic E-state index is 4.63. The molecule has 3 aromatic heterocycles. The number of fused-ring (bicyclic) bond motifs is 8. The number of nitrogens with one attached hydrogen (secondary N) is 2. The third kappa shape index (κ3) is 3.71. The average Bonchev–Trinajstić information content (AvgIpc) is 3.32. The van der Waals surface area contributed by atoms with Crippen molar-refractivity contribution in [2.45, 2.75) is 0 Å². The Morgan fingerprint density at radius 2 is 0.769 bits per heavy atom. The van der Waals surface area contributed by atoms with Crippen molar-refractivity contribution in [3.8, 4) is 0 Å². The zero-order valence-corrected chi connectivity index (χ0v) is 16.2. The molecule has 1 radical (unpaired) electrons. The van der Waals surface area contributed by atoms with Gasteiger partial charge in [-0.3, -0.25) is 0 Å². The van der Waals surface area contributed by atoms with Crippen molar-refractivity contribution in [2.75, 3.05) is 0 Å². The molecule has 2 N–H and O–H groups in total. The van der Waals surface area contributed by atoms with E-state index in [2.05, 4.69) is 44.2 Å². The van der Waals surface area contributed by atoms with Crippen LogP contribution in [0.1, 0.15) is 22.8 Å².